The first-order valence-corrected chi connectivity index (χ1v) is 8.23. The Hall–Kier alpha value is -3.34. The van der Waals surface area contributed by atoms with Crippen molar-refractivity contribution in [3.63, 3.8) is 0 Å². The Balaban J connectivity index is 1.78. The zero-order valence-corrected chi connectivity index (χ0v) is 14.7. The molecule has 0 radical (unpaired) electrons. The number of hydrogen-bond donors (Lipinski definition) is 1. The molecule has 1 heterocycles. The summed E-state index contributed by atoms with van der Waals surface area (Å²) in [4.78, 5) is 17.0. The Bertz CT molecular complexity index is 909. The summed E-state index contributed by atoms with van der Waals surface area (Å²) >= 11 is 0. The monoisotopic (exact) mass is 348 g/mol. The predicted molar refractivity (Wildman–Crippen MR) is 100 cm³/mol. The van der Waals surface area contributed by atoms with Gasteiger partial charge in [0, 0.05) is 17.7 Å². The number of methoxy groups -OCH3 is 2. The summed E-state index contributed by atoms with van der Waals surface area (Å²) < 4.78 is 10.7. The Morgan fingerprint density at radius 1 is 0.885 bits per heavy atom. The number of hydrogen-bond acceptors (Lipinski definition) is 4. The van der Waals surface area contributed by atoms with Crippen molar-refractivity contribution in [3.8, 4) is 22.8 Å². The van der Waals surface area contributed by atoms with Gasteiger partial charge >= 0.3 is 0 Å². The second-order valence-corrected chi connectivity index (χ2v) is 5.60. The summed E-state index contributed by atoms with van der Waals surface area (Å²) in [7, 11) is 3.22. The van der Waals surface area contributed by atoms with Gasteiger partial charge in [0.05, 0.1) is 19.9 Å². The third kappa shape index (κ3) is 3.83. The largest absolute Gasteiger partial charge is 0.496 e. The van der Waals surface area contributed by atoms with Gasteiger partial charge in [-0.1, -0.05) is 36.4 Å². The van der Waals surface area contributed by atoms with Gasteiger partial charge in [-0.25, -0.2) is 4.98 Å². The minimum absolute atomic E-state index is 0.243. The van der Waals surface area contributed by atoms with E-state index in [0.29, 0.717) is 23.7 Å². The molecule has 0 aliphatic rings. The average Bonchev–Trinajstić information content (AvgIpc) is 2.72. The van der Waals surface area contributed by atoms with Crippen LogP contribution in [0.4, 0.5) is 0 Å². The van der Waals surface area contributed by atoms with Gasteiger partial charge in [-0.15, -0.1) is 0 Å². The first-order valence-electron chi connectivity index (χ1n) is 8.23. The molecule has 0 saturated carbocycles. The van der Waals surface area contributed by atoms with E-state index in [0.717, 1.165) is 16.9 Å². The normalized spacial score (nSPS) is 10.2. The standard InChI is InChI=1S/C21H20N2O3/c1-25-19-12-5-3-8-15(19)14-22-21(24)18-11-7-10-17(23-18)16-9-4-6-13-20(16)26-2/h3-13H,14H2,1-2H3,(H,22,24). The molecule has 132 valence electrons. The molecule has 1 aromatic heterocycles. The van der Waals surface area contributed by atoms with Crippen molar-refractivity contribution in [2.45, 2.75) is 6.54 Å². The molecule has 5 nitrogen and oxygen atoms in total. The maximum atomic E-state index is 12.5. The van der Waals surface area contributed by atoms with E-state index in [1.165, 1.54) is 0 Å². The van der Waals surface area contributed by atoms with Gasteiger partial charge in [-0.2, -0.15) is 0 Å². The third-order valence-electron chi connectivity index (χ3n) is 4.00. The second kappa shape index (κ2) is 8.16. The highest BCUT2D eigenvalue weighted by molar-refractivity contribution is 5.92. The lowest BCUT2D eigenvalue weighted by Crippen LogP contribution is -2.24. The summed E-state index contributed by atoms with van der Waals surface area (Å²) in [5.41, 5.74) is 2.79. The molecule has 1 N–H and O–H groups in total. The predicted octanol–water partition coefficient (Wildman–Crippen LogP) is 3.70. The summed E-state index contributed by atoms with van der Waals surface area (Å²) in [6.45, 7) is 0.364. The highest BCUT2D eigenvalue weighted by Gasteiger charge is 2.12. The van der Waals surface area contributed by atoms with Crippen LogP contribution in [-0.4, -0.2) is 25.1 Å². The van der Waals surface area contributed by atoms with Crippen LogP contribution in [0.1, 0.15) is 16.1 Å². The van der Waals surface area contributed by atoms with E-state index < -0.39 is 0 Å². The number of rotatable bonds is 6. The van der Waals surface area contributed by atoms with E-state index in [2.05, 4.69) is 10.3 Å². The lowest BCUT2D eigenvalue weighted by molar-refractivity contribution is 0.0946. The molecule has 0 spiro atoms. The van der Waals surface area contributed by atoms with Crippen LogP contribution in [0.15, 0.2) is 66.7 Å². The van der Waals surface area contributed by atoms with Crippen LogP contribution in [-0.2, 0) is 6.54 Å². The zero-order valence-electron chi connectivity index (χ0n) is 14.7. The zero-order chi connectivity index (χ0) is 18.4. The number of ether oxygens (including phenoxy) is 2. The van der Waals surface area contributed by atoms with E-state index >= 15 is 0 Å². The minimum Gasteiger partial charge on any atom is -0.496 e. The van der Waals surface area contributed by atoms with Crippen molar-refractivity contribution >= 4 is 5.91 Å². The van der Waals surface area contributed by atoms with Crippen LogP contribution >= 0.6 is 0 Å². The fraction of sp³-hybridized carbons (Fsp3) is 0.143. The summed E-state index contributed by atoms with van der Waals surface area (Å²) in [6, 6.07) is 20.5. The Morgan fingerprint density at radius 2 is 1.58 bits per heavy atom. The van der Waals surface area contributed by atoms with Crippen LogP contribution in [0.25, 0.3) is 11.3 Å². The minimum atomic E-state index is -0.243. The lowest BCUT2D eigenvalue weighted by Gasteiger charge is -2.11. The van der Waals surface area contributed by atoms with Gasteiger partial charge in [0.15, 0.2) is 0 Å². The Labute approximate surface area is 152 Å². The maximum absolute atomic E-state index is 12.5. The molecule has 0 aliphatic heterocycles. The van der Waals surface area contributed by atoms with E-state index in [-0.39, 0.29) is 5.91 Å². The fourth-order valence-electron chi connectivity index (χ4n) is 2.68. The molecular formula is C21H20N2O3. The summed E-state index contributed by atoms with van der Waals surface area (Å²) in [5.74, 6) is 1.21. The summed E-state index contributed by atoms with van der Waals surface area (Å²) in [5, 5.41) is 2.88. The number of benzene rings is 2. The Kier molecular flexibility index (Phi) is 5.49. The van der Waals surface area contributed by atoms with Gasteiger partial charge < -0.3 is 14.8 Å². The molecule has 3 rings (SSSR count). The van der Waals surface area contributed by atoms with Crippen molar-refractivity contribution < 1.29 is 14.3 Å². The van der Waals surface area contributed by atoms with E-state index in [9.17, 15) is 4.79 Å². The van der Waals surface area contributed by atoms with E-state index in [1.807, 2.05) is 60.7 Å². The highest BCUT2D eigenvalue weighted by atomic mass is 16.5. The quantitative estimate of drug-likeness (QED) is 0.738. The molecule has 26 heavy (non-hydrogen) atoms. The van der Waals surface area contributed by atoms with Crippen molar-refractivity contribution in [1.82, 2.24) is 10.3 Å². The second-order valence-electron chi connectivity index (χ2n) is 5.60. The van der Waals surface area contributed by atoms with E-state index in [4.69, 9.17) is 9.47 Å². The molecule has 0 fully saturated rings. The van der Waals surface area contributed by atoms with Crippen molar-refractivity contribution in [2.24, 2.45) is 0 Å². The fourth-order valence-corrected chi connectivity index (χ4v) is 2.68. The van der Waals surface area contributed by atoms with Crippen molar-refractivity contribution in [3.05, 3.63) is 78.0 Å². The van der Waals surface area contributed by atoms with Crippen molar-refractivity contribution in [2.75, 3.05) is 14.2 Å². The lowest BCUT2D eigenvalue weighted by atomic mass is 10.1. The van der Waals surface area contributed by atoms with Gasteiger partial charge in [0.1, 0.15) is 17.2 Å². The highest BCUT2D eigenvalue weighted by Crippen LogP contribution is 2.28. The van der Waals surface area contributed by atoms with Crippen LogP contribution in [0.3, 0.4) is 0 Å². The maximum Gasteiger partial charge on any atom is 0.270 e. The molecule has 0 bridgehead atoms. The molecule has 0 atom stereocenters. The number of nitrogens with zero attached hydrogens (tertiary/aromatic N) is 1. The van der Waals surface area contributed by atoms with Crippen LogP contribution in [0.2, 0.25) is 0 Å². The van der Waals surface area contributed by atoms with E-state index in [1.54, 1.807) is 20.3 Å². The number of nitrogens with one attached hydrogen (secondary N) is 1. The molecule has 2 aromatic carbocycles. The third-order valence-corrected chi connectivity index (χ3v) is 4.00. The first-order chi connectivity index (χ1) is 12.7. The molecule has 3 aromatic rings. The molecule has 1 amide bonds. The SMILES string of the molecule is COc1ccccc1CNC(=O)c1cccc(-c2ccccc2OC)n1. The number of para-hydroxylation sites is 2. The van der Waals surface area contributed by atoms with Crippen LogP contribution in [0.5, 0.6) is 11.5 Å². The van der Waals surface area contributed by atoms with Gasteiger partial charge in [0.2, 0.25) is 0 Å². The number of aromatic nitrogens is 1. The number of pyridine rings is 1. The van der Waals surface area contributed by atoms with Gasteiger partial charge in [0.25, 0.3) is 5.91 Å². The summed E-state index contributed by atoms with van der Waals surface area (Å²) in [6.07, 6.45) is 0. The molecule has 0 unspecified atom stereocenters. The topological polar surface area (TPSA) is 60.5 Å². The smallest absolute Gasteiger partial charge is 0.270 e. The van der Waals surface area contributed by atoms with Crippen LogP contribution in [0, 0.1) is 0 Å². The van der Waals surface area contributed by atoms with Gasteiger partial charge in [-0.05, 0) is 30.3 Å². The average molecular weight is 348 g/mol. The number of amides is 1. The molecule has 0 saturated heterocycles. The molecular weight excluding hydrogens is 328 g/mol. The van der Waals surface area contributed by atoms with Crippen molar-refractivity contribution in [1.29, 1.82) is 0 Å². The first kappa shape index (κ1) is 17.5. The molecule has 5 heteroatoms. The number of carbonyl (C=O) groups excluding carboxylic acids is 1. The molecule has 0 aliphatic carbocycles. The van der Waals surface area contributed by atoms with Crippen LogP contribution < -0.4 is 14.8 Å². The van der Waals surface area contributed by atoms with Gasteiger partial charge in [-0.3, -0.25) is 4.79 Å². The number of carbonyl (C=O) groups is 1. The Morgan fingerprint density at radius 3 is 2.35 bits per heavy atom.